The average Bonchev–Trinajstić information content (AvgIpc) is 2.45. The van der Waals surface area contributed by atoms with E-state index in [1.807, 2.05) is 0 Å². The number of allylic oxidation sites excluding steroid dienone is 1. The lowest BCUT2D eigenvalue weighted by Crippen LogP contribution is -2.21. The van der Waals surface area contributed by atoms with E-state index in [2.05, 4.69) is 19.2 Å². The monoisotopic (exact) mass is 207 g/mol. The molecule has 3 heteroatoms. The van der Waals surface area contributed by atoms with Crippen LogP contribution in [0.15, 0.2) is 11.1 Å². The van der Waals surface area contributed by atoms with Crippen molar-refractivity contribution >= 4 is 11.8 Å². The summed E-state index contributed by atoms with van der Waals surface area (Å²) in [5.74, 6) is 0.898. The molecule has 0 aromatic rings. The van der Waals surface area contributed by atoms with Crippen molar-refractivity contribution in [3.05, 3.63) is 11.1 Å². The minimum Gasteiger partial charge on any atom is -0.292 e. The van der Waals surface area contributed by atoms with E-state index >= 15 is 0 Å². The second-order valence-electron chi connectivity index (χ2n) is 4.84. The molecule has 82 valence electrons. The molecule has 0 radical (unpaired) electrons. The second-order valence-corrected chi connectivity index (χ2v) is 4.84. The highest BCUT2D eigenvalue weighted by Crippen LogP contribution is 2.36. The van der Waals surface area contributed by atoms with Gasteiger partial charge in [-0.25, -0.2) is 0 Å². The smallest absolute Gasteiger partial charge is 0.254 e. The molecule has 2 amide bonds. The third-order valence-electron chi connectivity index (χ3n) is 3.51. The number of rotatable bonds is 0. The first-order valence-corrected chi connectivity index (χ1v) is 5.64. The van der Waals surface area contributed by atoms with Gasteiger partial charge >= 0.3 is 0 Å². The molecule has 0 aromatic heterocycles. The fraction of sp³-hybridized carbons (Fsp3) is 0.667. The van der Waals surface area contributed by atoms with Crippen LogP contribution in [0.25, 0.3) is 0 Å². The Labute approximate surface area is 89.9 Å². The number of hydrogen-bond donors (Lipinski definition) is 1. The van der Waals surface area contributed by atoms with Gasteiger partial charge in [0.2, 0.25) is 5.91 Å². The van der Waals surface area contributed by atoms with Crippen molar-refractivity contribution in [1.29, 1.82) is 0 Å². The zero-order valence-electron chi connectivity index (χ0n) is 9.30. The maximum atomic E-state index is 11.5. The van der Waals surface area contributed by atoms with Gasteiger partial charge in [-0.05, 0) is 31.1 Å². The molecular weight excluding hydrogens is 190 g/mol. The summed E-state index contributed by atoms with van der Waals surface area (Å²) in [5.41, 5.74) is 1.97. The van der Waals surface area contributed by atoms with Gasteiger partial charge in [-0.15, -0.1) is 0 Å². The van der Waals surface area contributed by atoms with E-state index in [9.17, 15) is 9.59 Å². The highest BCUT2D eigenvalue weighted by molar-refractivity contribution is 6.13. The van der Waals surface area contributed by atoms with Crippen molar-refractivity contribution in [3.63, 3.8) is 0 Å². The maximum Gasteiger partial charge on any atom is 0.254 e. The highest BCUT2D eigenvalue weighted by Gasteiger charge is 2.31. The molecule has 0 aromatic carbocycles. The first kappa shape index (κ1) is 10.4. The number of carbonyl (C=O) groups is 2. The lowest BCUT2D eigenvalue weighted by molar-refractivity contribution is -0.124. The summed E-state index contributed by atoms with van der Waals surface area (Å²) < 4.78 is 0. The van der Waals surface area contributed by atoms with Crippen LogP contribution in [-0.2, 0) is 9.59 Å². The Hall–Kier alpha value is -1.12. The van der Waals surface area contributed by atoms with Crippen LogP contribution in [0.5, 0.6) is 0 Å². The Bertz CT molecular complexity index is 344. The van der Waals surface area contributed by atoms with Crippen molar-refractivity contribution in [2.24, 2.45) is 11.8 Å². The molecule has 2 rings (SSSR count). The molecule has 3 nitrogen and oxygen atoms in total. The Morgan fingerprint density at radius 1 is 1.27 bits per heavy atom. The van der Waals surface area contributed by atoms with Crippen LogP contribution in [-0.4, -0.2) is 11.8 Å². The Morgan fingerprint density at radius 3 is 2.53 bits per heavy atom. The number of nitrogens with one attached hydrogen (secondary N) is 1. The summed E-state index contributed by atoms with van der Waals surface area (Å²) in [6.07, 6.45) is 3.57. The van der Waals surface area contributed by atoms with Crippen LogP contribution in [0.1, 0.15) is 39.5 Å². The molecule has 2 atom stereocenters. The Kier molecular flexibility index (Phi) is 2.63. The van der Waals surface area contributed by atoms with Crippen molar-refractivity contribution < 1.29 is 9.59 Å². The third kappa shape index (κ3) is 1.96. The number of imide groups is 1. The summed E-state index contributed by atoms with van der Waals surface area (Å²) in [7, 11) is 0. The van der Waals surface area contributed by atoms with Gasteiger partial charge in [0.05, 0.1) is 6.42 Å². The summed E-state index contributed by atoms with van der Waals surface area (Å²) >= 11 is 0. The van der Waals surface area contributed by atoms with Crippen molar-refractivity contribution in [2.75, 3.05) is 0 Å². The summed E-state index contributed by atoms with van der Waals surface area (Å²) in [6, 6.07) is 0. The minimum absolute atomic E-state index is 0.145. The first-order valence-electron chi connectivity index (χ1n) is 5.64. The van der Waals surface area contributed by atoms with Crippen LogP contribution in [0.4, 0.5) is 0 Å². The fourth-order valence-electron chi connectivity index (χ4n) is 2.71. The highest BCUT2D eigenvalue weighted by atomic mass is 16.2. The molecule has 0 spiro atoms. The molecular formula is C12H17NO2. The summed E-state index contributed by atoms with van der Waals surface area (Å²) in [4.78, 5) is 22.6. The third-order valence-corrected chi connectivity index (χ3v) is 3.51. The Morgan fingerprint density at radius 2 is 2.00 bits per heavy atom. The zero-order chi connectivity index (χ0) is 11.0. The lowest BCUT2D eigenvalue weighted by Gasteiger charge is -2.28. The standard InChI is InChI=1S/C12H17NO2/c1-7-3-4-9(8(2)5-7)10-6-11(14)13-12(10)15/h7-8H,3-6H2,1-2H3,(H,13,14,15). The fourth-order valence-corrected chi connectivity index (χ4v) is 2.71. The first-order chi connectivity index (χ1) is 7.08. The van der Waals surface area contributed by atoms with Crippen molar-refractivity contribution in [3.8, 4) is 0 Å². The van der Waals surface area contributed by atoms with Gasteiger partial charge < -0.3 is 0 Å². The molecule has 2 aliphatic rings. The lowest BCUT2D eigenvalue weighted by atomic mass is 9.77. The van der Waals surface area contributed by atoms with Crippen molar-refractivity contribution in [2.45, 2.75) is 39.5 Å². The van der Waals surface area contributed by atoms with Crippen LogP contribution in [0, 0.1) is 11.8 Å². The quantitative estimate of drug-likeness (QED) is 0.486. The van der Waals surface area contributed by atoms with E-state index in [1.165, 1.54) is 5.57 Å². The van der Waals surface area contributed by atoms with Gasteiger partial charge in [-0.3, -0.25) is 14.9 Å². The number of amides is 2. The van der Waals surface area contributed by atoms with Gasteiger partial charge in [0.1, 0.15) is 0 Å². The van der Waals surface area contributed by atoms with Crippen LogP contribution >= 0.6 is 0 Å². The number of hydrogen-bond acceptors (Lipinski definition) is 2. The molecule has 15 heavy (non-hydrogen) atoms. The SMILES string of the molecule is CC1CCC(=C2CC(=O)NC2=O)C(C)C1. The predicted octanol–water partition coefficient (Wildman–Crippen LogP) is 1.79. The van der Waals surface area contributed by atoms with Gasteiger partial charge in [-0.2, -0.15) is 0 Å². The van der Waals surface area contributed by atoms with Gasteiger partial charge in [0, 0.05) is 5.57 Å². The largest absolute Gasteiger partial charge is 0.292 e. The maximum absolute atomic E-state index is 11.5. The van der Waals surface area contributed by atoms with Crippen LogP contribution in [0.3, 0.4) is 0 Å². The molecule has 1 N–H and O–H groups in total. The average molecular weight is 207 g/mol. The minimum atomic E-state index is -0.156. The Balaban J connectivity index is 2.25. The predicted molar refractivity (Wildman–Crippen MR) is 57.0 cm³/mol. The van der Waals surface area contributed by atoms with Gasteiger partial charge in [-0.1, -0.05) is 19.4 Å². The van der Waals surface area contributed by atoms with Crippen LogP contribution in [0.2, 0.25) is 0 Å². The zero-order valence-corrected chi connectivity index (χ0v) is 9.30. The van der Waals surface area contributed by atoms with Gasteiger partial charge in [0.25, 0.3) is 5.91 Å². The molecule has 1 aliphatic carbocycles. The number of carbonyl (C=O) groups excluding carboxylic acids is 2. The van der Waals surface area contributed by atoms with E-state index < -0.39 is 0 Å². The molecule has 1 heterocycles. The summed E-state index contributed by atoms with van der Waals surface area (Å²) in [5, 5.41) is 2.36. The van der Waals surface area contributed by atoms with E-state index in [0.717, 1.165) is 30.8 Å². The topological polar surface area (TPSA) is 46.2 Å². The molecule has 2 fully saturated rings. The van der Waals surface area contributed by atoms with Crippen molar-refractivity contribution in [1.82, 2.24) is 5.32 Å². The van der Waals surface area contributed by atoms with Crippen LogP contribution < -0.4 is 5.32 Å². The molecule has 1 saturated carbocycles. The molecule has 1 aliphatic heterocycles. The molecule has 1 saturated heterocycles. The van der Waals surface area contributed by atoms with E-state index in [-0.39, 0.29) is 11.8 Å². The second kappa shape index (κ2) is 3.80. The van der Waals surface area contributed by atoms with Gasteiger partial charge in [0.15, 0.2) is 0 Å². The normalized spacial score (nSPS) is 36.9. The van der Waals surface area contributed by atoms with E-state index in [4.69, 9.17) is 0 Å². The molecule has 0 bridgehead atoms. The van der Waals surface area contributed by atoms with E-state index in [1.54, 1.807) is 0 Å². The summed E-state index contributed by atoms with van der Waals surface area (Å²) in [6.45, 7) is 4.41. The molecule has 2 unspecified atom stereocenters. The van der Waals surface area contributed by atoms with E-state index in [0.29, 0.717) is 12.3 Å².